The summed E-state index contributed by atoms with van der Waals surface area (Å²) >= 11 is 12.3. The number of hydrogen-bond donors (Lipinski definition) is 4. The molecular weight excluding hydrogens is 445 g/mol. The zero-order chi connectivity index (χ0) is 22.0. The van der Waals surface area contributed by atoms with Crippen molar-refractivity contribution in [1.29, 1.82) is 0 Å². The summed E-state index contributed by atoms with van der Waals surface area (Å²) in [6.07, 6.45) is 2.14. The van der Waals surface area contributed by atoms with E-state index in [0.29, 0.717) is 40.2 Å². The van der Waals surface area contributed by atoms with E-state index in [9.17, 15) is 9.59 Å². The van der Waals surface area contributed by atoms with Crippen LogP contribution in [0.1, 0.15) is 29.0 Å². The smallest absolute Gasteiger partial charge is 0.434 e. The highest BCUT2D eigenvalue weighted by atomic mass is 35.5. The van der Waals surface area contributed by atoms with Crippen molar-refractivity contribution in [2.45, 2.75) is 19.8 Å². The lowest BCUT2D eigenvalue weighted by atomic mass is 10.0. The Labute approximate surface area is 187 Å². The van der Waals surface area contributed by atoms with Crippen LogP contribution in [0, 0.1) is 12.8 Å². The number of nitrogens with zero attached hydrogens (tertiary/aromatic N) is 1. The summed E-state index contributed by atoms with van der Waals surface area (Å²) in [6.45, 7) is 4.07. The van der Waals surface area contributed by atoms with E-state index in [1.807, 2.05) is 0 Å². The molecule has 1 aliphatic rings. The standard InChI is InChI=1S/C20H21Cl2N5O4/c1-10-15(21)16(22)17(24-10)18(28)25-13-5-4-12(19-26-27-20(29)31-19)7-14(13)30-9-11-3-2-6-23-8-11/h4-5,7,11,23-24H,2-3,6,8-9H2,1H3,(H,25,28)(H,27,29). The highest BCUT2D eigenvalue weighted by Gasteiger charge is 2.21. The van der Waals surface area contributed by atoms with Gasteiger partial charge in [0.2, 0.25) is 5.89 Å². The van der Waals surface area contributed by atoms with Gasteiger partial charge in [-0.1, -0.05) is 23.2 Å². The molecule has 31 heavy (non-hydrogen) atoms. The average molecular weight is 466 g/mol. The van der Waals surface area contributed by atoms with Crippen molar-refractivity contribution in [3.05, 3.63) is 50.2 Å². The number of halogens is 2. The molecule has 2 aromatic heterocycles. The van der Waals surface area contributed by atoms with Crippen molar-refractivity contribution in [3.63, 3.8) is 0 Å². The number of benzene rings is 1. The van der Waals surface area contributed by atoms with E-state index >= 15 is 0 Å². The number of rotatable bonds is 6. The lowest BCUT2D eigenvalue weighted by Crippen LogP contribution is -2.33. The van der Waals surface area contributed by atoms with E-state index < -0.39 is 11.7 Å². The number of hydrogen-bond acceptors (Lipinski definition) is 6. The molecule has 3 heterocycles. The van der Waals surface area contributed by atoms with E-state index in [2.05, 4.69) is 25.8 Å². The Morgan fingerprint density at radius 3 is 2.84 bits per heavy atom. The molecule has 3 aromatic rings. The van der Waals surface area contributed by atoms with Gasteiger partial charge in [0.15, 0.2) is 0 Å². The summed E-state index contributed by atoms with van der Waals surface area (Å²) in [4.78, 5) is 27.0. The van der Waals surface area contributed by atoms with Crippen molar-refractivity contribution in [1.82, 2.24) is 20.5 Å². The quantitative estimate of drug-likeness (QED) is 0.440. The number of ether oxygens (including phenoxy) is 1. The third-order valence-corrected chi connectivity index (χ3v) is 6.02. The van der Waals surface area contributed by atoms with Crippen LogP contribution in [0.2, 0.25) is 10.0 Å². The van der Waals surface area contributed by atoms with Gasteiger partial charge in [0.05, 0.1) is 22.3 Å². The molecule has 4 rings (SSSR count). The first-order valence-corrected chi connectivity index (χ1v) is 10.6. The van der Waals surface area contributed by atoms with Crippen molar-refractivity contribution in [3.8, 4) is 17.2 Å². The summed E-state index contributed by atoms with van der Waals surface area (Å²) < 4.78 is 11.1. The Morgan fingerprint density at radius 1 is 1.35 bits per heavy atom. The number of anilines is 1. The second-order valence-corrected chi connectivity index (χ2v) is 8.12. The molecule has 0 aliphatic carbocycles. The second kappa shape index (κ2) is 9.17. The Kier molecular flexibility index (Phi) is 6.35. The molecule has 1 saturated heterocycles. The van der Waals surface area contributed by atoms with E-state index in [4.69, 9.17) is 32.4 Å². The largest absolute Gasteiger partial charge is 0.491 e. The number of aryl methyl sites for hydroxylation is 1. The molecule has 1 aliphatic heterocycles. The van der Waals surface area contributed by atoms with Crippen molar-refractivity contribution in [2.24, 2.45) is 5.92 Å². The molecule has 1 aromatic carbocycles. The van der Waals surface area contributed by atoms with Crippen LogP contribution in [0.4, 0.5) is 5.69 Å². The van der Waals surface area contributed by atoms with Crippen LogP contribution in [0.25, 0.3) is 11.5 Å². The van der Waals surface area contributed by atoms with Crippen molar-refractivity contribution < 1.29 is 13.9 Å². The molecule has 9 nitrogen and oxygen atoms in total. The fraction of sp³-hybridized carbons (Fsp3) is 0.350. The highest BCUT2D eigenvalue weighted by molar-refractivity contribution is 6.44. The molecular formula is C20H21Cl2N5O4. The summed E-state index contributed by atoms with van der Waals surface area (Å²) in [7, 11) is 0. The average Bonchev–Trinajstić information content (AvgIpc) is 3.32. The third-order valence-electron chi connectivity index (χ3n) is 5.07. The fourth-order valence-electron chi connectivity index (χ4n) is 3.42. The third kappa shape index (κ3) is 4.79. The number of aromatic amines is 2. The summed E-state index contributed by atoms with van der Waals surface area (Å²) in [5, 5.41) is 12.7. The Bertz CT molecular complexity index is 1150. The predicted octanol–water partition coefficient (Wildman–Crippen LogP) is 3.60. The van der Waals surface area contributed by atoms with Gasteiger partial charge in [0.25, 0.3) is 5.91 Å². The van der Waals surface area contributed by atoms with Gasteiger partial charge < -0.3 is 24.8 Å². The van der Waals surface area contributed by atoms with Crippen LogP contribution >= 0.6 is 23.2 Å². The minimum Gasteiger partial charge on any atom is -0.491 e. The van der Waals surface area contributed by atoms with Crippen molar-refractivity contribution >= 4 is 34.8 Å². The maximum absolute atomic E-state index is 12.8. The molecule has 0 bridgehead atoms. The number of H-pyrrole nitrogens is 2. The number of carbonyl (C=O) groups excluding carboxylic acids is 1. The van der Waals surface area contributed by atoms with Crippen LogP contribution < -0.4 is 21.1 Å². The summed E-state index contributed by atoms with van der Waals surface area (Å²) in [5.41, 5.74) is 1.73. The first kappa shape index (κ1) is 21.5. The number of amides is 1. The van der Waals surface area contributed by atoms with Gasteiger partial charge in [0.1, 0.15) is 11.4 Å². The van der Waals surface area contributed by atoms with Gasteiger partial charge in [-0.25, -0.2) is 9.89 Å². The molecule has 164 valence electrons. The summed E-state index contributed by atoms with van der Waals surface area (Å²) in [6, 6.07) is 4.99. The monoisotopic (exact) mass is 465 g/mol. The fourth-order valence-corrected chi connectivity index (χ4v) is 3.83. The van der Waals surface area contributed by atoms with E-state index in [-0.39, 0.29) is 16.6 Å². The van der Waals surface area contributed by atoms with Gasteiger partial charge in [-0.2, -0.15) is 0 Å². The zero-order valence-electron chi connectivity index (χ0n) is 16.7. The van der Waals surface area contributed by atoms with Crippen LogP contribution in [0.3, 0.4) is 0 Å². The minimum absolute atomic E-state index is 0.127. The van der Waals surface area contributed by atoms with Gasteiger partial charge >= 0.3 is 5.76 Å². The van der Waals surface area contributed by atoms with Crippen LogP contribution in [-0.2, 0) is 0 Å². The molecule has 1 unspecified atom stereocenters. The maximum atomic E-state index is 12.8. The van der Waals surface area contributed by atoms with Crippen LogP contribution in [0.5, 0.6) is 5.75 Å². The molecule has 1 amide bonds. The van der Waals surface area contributed by atoms with Gasteiger partial charge in [0, 0.05) is 23.7 Å². The molecule has 1 atom stereocenters. The predicted molar refractivity (Wildman–Crippen MR) is 117 cm³/mol. The Morgan fingerprint density at radius 2 is 2.19 bits per heavy atom. The lowest BCUT2D eigenvalue weighted by molar-refractivity contribution is 0.102. The number of piperidine rings is 1. The van der Waals surface area contributed by atoms with Gasteiger partial charge in [-0.15, -0.1) is 5.10 Å². The first-order chi connectivity index (χ1) is 14.9. The Balaban J connectivity index is 1.60. The van der Waals surface area contributed by atoms with Gasteiger partial charge in [-0.05, 0) is 44.5 Å². The molecule has 4 N–H and O–H groups in total. The lowest BCUT2D eigenvalue weighted by Gasteiger charge is -2.23. The van der Waals surface area contributed by atoms with E-state index in [1.165, 1.54) is 0 Å². The molecule has 0 saturated carbocycles. The van der Waals surface area contributed by atoms with E-state index in [0.717, 1.165) is 25.9 Å². The normalized spacial score (nSPS) is 16.3. The molecule has 11 heteroatoms. The number of carbonyl (C=O) groups is 1. The van der Waals surface area contributed by atoms with Crippen LogP contribution in [-0.4, -0.2) is 40.8 Å². The number of nitrogens with one attached hydrogen (secondary N) is 4. The van der Waals surface area contributed by atoms with Gasteiger partial charge in [-0.3, -0.25) is 4.79 Å². The topological polar surface area (TPSA) is 125 Å². The Hall–Kier alpha value is -2.75. The molecule has 1 fully saturated rings. The molecule has 0 radical (unpaired) electrons. The zero-order valence-corrected chi connectivity index (χ0v) is 18.2. The maximum Gasteiger partial charge on any atom is 0.434 e. The SMILES string of the molecule is Cc1[nH]c(C(=O)Nc2ccc(-c3n[nH]c(=O)o3)cc2OCC2CCCNC2)c(Cl)c1Cl. The number of aromatic nitrogens is 3. The second-order valence-electron chi connectivity index (χ2n) is 7.36. The highest BCUT2D eigenvalue weighted by Crippen LogP contribution is 2.33. The summed E-state index contributed by atoms with van der Waals surface area (Å²) in [5.74, 6) is -0.210. The first-order valence-electron chi connectivity index (χ1n) is 9.80. The van der Waals surface area contributed by atoms with E-state index in [1.54, 1.807) is 25.1 Å². The minimum atomic E-state index is -0.656. The molecule has 0 spiro atoms. The van der Waals surface area contributed by atoms with Crippen LogP contribution in [0.15, 0.2) is 27.4 Å². The van der Waals surface area contributed by atoms with Crippen molar-refractivity contribution in [2.75, 3.05) is 25.0 Å².